The van der Waals surface area contributed by atoms with Crippen LogP contribution in [0.1, 0.15) is 25.8 Å². The van der Waals surface area contributed by atoms with Crippen LogP contribution in [-0.2, 0) is 6.42 Å². The van der Waals surface area contributed by atoms with Crippen LogP contribution in [0.3, 0.4) is 0 Å². The van der Waals surface area contributed by atoms with E-state index >= 15 is 0 Å². The van der Waals surface area contributed by atoms with E-state index in [-0.39, 0.29) is 6.04 Å². The molecule has 4 N–H and O–H groups in total. The maximum absolute atomic E-state index is 9.96. The smallest absolute Gasteiger partial charge is 0.0818 e. The van der Waals surface area contributed by atoms with Crippen LogP contribution < -0.4 is 11.1 Å². The van der Waals surface area contributed by atoms with Crippen molar-refractivity contribution < 1.29 is 5.11 Å². The van der Waals surface area contributed by atoms with Gasteiger partial charge in [-0.25, -0.2) is 0 Å². The molecule has 1 rings (SSSR count). The SMILES string of the molecule is CC(C)CCNC[C@@H](O)[C@@H](N)Cc1ccccc1. The molecule has 1 aromatic rings. The van der Waals surface area contributed by atoms with Crippen LogP contribution in [0.5, 0.6) is 0 Å². The molecule has 2 atom stereocenters. The molecule has 102 valence electrons. The van der Waals surface area contributed by atoms with Gasteiger partial charge in [-0.2, -0.15) is 0 Å². The second-order valence-electron chi connectivity index (χ2n) is 5.31. The van der Waals surface area contributed by atoms with Gasteiger partial charge in [-0.05, 0) is 30.9 Å². The highest BCUT2D eigenvalue weighted by molar-refractivity contribution is 5.16. The monoisotopic (exact) mass is 250 g/mol. The van der Waals surface area contributed by atoms with Crippen molar-refractivity contribution in [1.82, 2.24) is 5.32 Å². The van der Waals surface area contributed by atoms with E-state index in [0.29, 0.717) is 18.9 Å². The van der Waals surface area contributed by atoms with Gasteiger partial charge in [0.1, 0.15) is 0 Å². The van der Waals surface area contributed by atoms with Gasteiger partial charge in [-0.15, -0.1) is 0 Å². The third-order valence-electron chi connectivity index (χ3n) is 3.06. The summed E-state index contributed by atoms with van der Waals surface area (Å²) in [5.41, 5.74) is 7.17. The van der Waals surface area contributed by atoms with Crippen molar-refractivity contribution in [2.24, 2.45) is 11.7 Å². The van der Waals surface area contributed by atoms with Gasteiger partial charge in [-0.1, -0.05) is 44.2 Å². The highest BCUT2D eigenvalue weighted by atomic mass is 16.3. The van der Waals surface area contributed by atoms with Gasteiger partial charge in [0.2, 0.25) is 0 Å². The van der Waals surface area contributed by atoms with Crippen molar-refractivity contribution in [1.29, 1.82) is 0 Å². The fraction of sp³-hybridized carbons (Fsp3) is 0.600. The molecule has 3 heteroatoms. The van der Waals surface area contributed by atoms with Gasteiger partial charge < -0.3 is 16.2 Å². The van der Waals surface area contributed by atoms with E-state index in [9.17, 15) is 5.11 Å². The lowest BCUT2D eigenvalue weighted by atomic mass is 10.0. The summed E-state index contributed by atoms with van der Waals surface area (Å²) in [5, 5.41) is 13.2. The predicted octanol–water partition coefficient (Wildman–Crippen LogP) is 1.55. The number of nitrogens with one attached hydrogen (secondary N) is 1. The third kappa shape index (κ3) is 6.15. The summed E-state index contributed by atoms with van der Waals surface area (Å²) in [5.74, 6) is 0.688. The van der Waals surface area contributed by atoms with Crippen molar-refractivity contribution in [2.75, 3.05) is 13.1 Å². The maximum Gasteiger partial charge on any atom is 0.0818 e. The van der Waals surface area contributed by atoms with Gasteiger partial charge in [0.15, 0.2) is 0 Å². The number of hydrogen-bond acceptors (Lipinski definition) is 3. The Morgan fingerprint density at radius 3 is 2.50 bits per heavy atom. The summed E-state index contributed by atoms with van der Waals surface area (Å²) in [6.07, 6.45) is 1.35. The van der Waals surface area contributed by atoms with E-state index in [1.807, 2.05) is 30.3 Å². The lowest BCUT2D eigenvalue weighted by molar-refractivity contribution is 0.141. The molecule has 0 aromatic heterocycles. The molecule has 0 fully saturated rings. The van der Waals surface area contributed by atoms with Gasteiger partial charge in [-0.3, -0.25) is 0 Å². The van der Waals surface area contributed by atoms with E-state index in [0.717, 1.165) is 13.0 Å². The van der Waals surface area contributed by atoms with Gasteiger partial charge in [0.25, 0.3) is 0 Å². The molecule has 0 amide bonds. The minimum absolute atomic E-state index is 0.209. The topological polar surface area (TPSA) is 58.3 Å². The van der Waals surface area contributed by atoms with Crippen LogP contribution in [0.4, 0.5) is 0 Å². The van der Waals surface area contributed by atoms with Gasteiger partial charge >= 0.3 is 0 Å². The molecule has 0 unspecified atom stereocenters. The standard InChI is InChI=1S/C15H26N2O/c1-12(2)8-9-17-11-15(18)14(16)10-13-6-4-3-5-7-13/h3-7,12,14-15,17-18H,8-11,16H2,1-2H3/t14-,15+/m0/s1. The maximum atomic E-state index is 9.96. The second-order valence-corrected chi connectivity index (χ2v) is 5.31. The van der Waals surface area contributed by atoms with Crippen molar-refractivity contribution >= 4 is 0 Å². The number of nitrogens with two attached hydrogens (primary N) is 1. The Kier molecular flexibility index (Phi) is 6.94. The Labute approximate surface area is 110 Å². The molecule has 3 nitrogen and oxygen atoms in total. The van der Waals surface area contributed by atoms with Crippen LogP contribution in [0.25, 0.3) is 0 Å². The Balaban J connectivity index is 2.22. The van der Waals surface area contributed by atoms with E-state index in [4.69, 9.17) is 5.73 Å². The molecule has 0 aliphatic heterocycles. The number of aliphatic hydroxyl groups is 1. The molecule has 18 heavy (non-hydrogen) atoms. The molecule has 0 spiro atoms. The quantitative estimate of drug-likeness (QED) is 0.614. The molecule has 0 saturated heterocycles. The average molecular weight is 250 g/mol. The minimum Gasteiger partial charge on any atom is -0.390 e. The summed E-state index contributed by atoms with van der Waals surface area (Å²) < 4.78 is 0. The number of aliphatic hydroxyl groups excluding tert-OH is 1. The summed E-state index contributed by atoms with van der Waals surface area (Å²) >= 11 is 0. The minimum atomic E-state index is -0.489. The first kappa shape index (κ1) is 15.2. The molecule has 0 heterocycles. The predicted molar refractivity (Wildman–Crippen MR) is 76.5 cm³/mol. The second kappa shape index (κ2) is 8.25. The summed E-state index contributed by atoms with van der Waals surface area (Å²) in [4.78, 5) is 0. The highest BCUT2D eigenvalue weighted by Crippen LogP contribution is 2.04. The van der Waals surface area contributed by atoms with Crippen LogP contribution in [0.2, 0.25) is 0 Å². The molecule has 0 aliphatic rings. The Hall–Kier alpha value is -0.900. The Bertz CT molecular complexity index is 314. The van der Waals surface area contributed by atoms with E-state index in [1.54, 1.807) is 0 Å². The molecular formula is C15H26N2O. The largest absolute Gasteiger partial charge is 0.390 e. The Morgan fingerprint density at radius 2 is 1.89 bits per heavy atom. The zero-order valence-corrected chi connectivity index (χ0v) is 11.5. The molecule has 1 aromatic carbocycles. The zero-order valence-electron chi connectivity index (χ0n) is 11.5. The van der Waals surface area contributed by atoms with Crippen LogP contribution >= 0.6 is 0 Å². The van der Waals surface area contributed by atoms with Crippen LogP contribution in [0, 0.1) is 5.92 Å². The number of rotatable bonds is 8. The van der Waals surface area contributed by atoms with Crippen molar-refractivity contribution in [3.63, 3.8) is 0 Å². The normalized spacial score (nSPS) is 14.7. The van der Waals surface area contributed by atoms with Crippen LogP contribution in [0.15, 0.2) is 30.3 Å². The van der Waals surface area contributed by atoms with E-state index in [1.165, 1.54) is 5.56 Å². The Morgan fingerprint density at radius 1 is 1.22 bits per heavy atom. The fourth-order valence-electron chi connectivity index (χ4n) is 1.81. The zero-order chi connectivity index (χ0) is 13.4. The van der Waals surface area contributed by atoms with Crippen molar-refractivity contribution in [3.05, 3.63) is 35.9 Å². The summed E-state index contributed by atoms with van der Waals surface area (Å²) in [7, 11) is 0. The number of benzene rings is 1. The number of hydrogen-bond donors (Lipinski definition) is 3. The lowest BCUT2D eigenvalue weighted by Gasteiger charge is -2.19. The van der Waals surface area contributed by atoms with Gasteiger partial charge in [0, 0.05) is 12.6 Å². The molecule has 0 radical (unpaired) electrons. The first-order valence-corrected chi connectivity index (χ1v) is 6.78. The summed E-state index contributed by atoms with van der Waals surface area (Å²) in [6.45, 7) is 5.89. The first-order valence-electron chi connectivity index (χ1n) is 6.78. The fourth-order valence-corrected chi connectivity index (χ4v) is 1.81. The van der Waals surface area contributed by atoms with Crippen LogP contribution in [-0.4, -0.2) is 30.3 Å². The van der Waals surface area contributed by atoms with Crippen molar-refractivity contribution in [2.45, 2.75) is 38.8 Å². The highest BCUT2D eigenvalue weighted by Gasteiger charge is 2.14. The lowest BCUT2D eigenvalue weighted by Crippen LogP contribution is -2.43. The van der Waals surface area contributed by atoms with E-state index < -0.39 is 6.10 Å². The molecule has 0 bridgehead atoms. The van der Waals surface area contributed by atoms with Gasteiger partial charge in [0.05, 0.1) is 6.10 Å². The first-order chi connectivity index (χ1) is 8.59. The van der Waals surface area contributed by atoms with E-state index in [2.05, 4.69) is 19.2 Å². The molecule has 0 aliphatic carbocycles. The molecule has 0 saturated carbocycles. The average Bonchev–Trinajstić information content (AvgIpc) is 2.35. The summed E-state index contributed by atoms with van der Waals surface area (Å²) in [6, 6.07) is 9.85. The third-order valence-corrected chi connectivity index (χ3v) is 3.06. The molecular weight excluding hydrogens is 224 g/mol. The van der Waals surface area contributed by atoms with Crippen molar-refractivity contribution in [3.8, 4) is 0 Å².